The number of amides is 1. The molecule has 0 bridgehead atoms. The first-order chi connectivity index (χ1) is 11.3. The van der Waals surface area contributed by atoms with Crippen LogP contribution in [0.15, 0.2) is 41.4 Å². The van der Waals surface area contributed by atoms with Crippen LogP contribution in [0.2, 0.25) is 0 Å². The highest BCUT2D eigenvalue weighted by molar-refractivity contribution is 5.92. The molecule has 1 amide bonds. The first kappa shape index (κ1) is 13.6. The van der Waals surface area contributed by atoms with Crippen molar-refractivity contribution in [3.8, 4) is 5.69 Å². The van der Waals surface area contributed by atoms with Crippen molar-refractivity contribution in [2.75, 3.05) is 0 Å². The summed E-state index contributed by atoms with van der Waals surface area (Å²) >= 11 is 0. The first-order valence-electron chi connectivity index (χ1n) is 7.35. The maximum atomic E-state index is 11.9. The standard InChI is InChI=1S/C15H14N6O2/c22-15(19-10-1-2-10)13-9-23-14(20-13)7-11-3-4-12(8-16-11)21-17-5-6-18-21/h3-6,8-10H,1-2,7H2,(H,19,22). The molecule has 1 aliphatic rings. The van der Waals surface area contributed by atoms with Gasteiger partial charge in [0, 0.05) is 11.7 Å². The van der Waals surface area contributed by atoms with Gasteiger partial charge in [-0.1, -0.05) is 0 Å². The fraction of sp³-hybridized carbons (Fsp3) is 0.267. The van der Waals surface area contributed by atoms with Gasteiger partial charge in [-0.3, -0.25) is 9.78 Å². The third-order valence-electron chi connectivity index (χ3n) is 3.49. The van der Waals surface area contributed by atoms with Crippen LogP contribution in [-0.2, 0) is 6.42 Å². The van der Waals surface area contributed by atoms with Crippen LogP contribution in [0.1, 0.15) is 34.9 Å². The summed E-state index contributed by atoms with van der Waals surface area (Å²) in [5, 5.41) is 11.0. The number of hydrogen-bond acceptors (Lipinski definition) is 6. The summed E-state index contributed by atoms with van der Waals surface area (Å²) in [5.41, 5.74) is 1.87. The Balaban J connectivity index is 1.43. The van der Waals surface area contributed by atoms with Crippen LogP contribution < -0.4 is 5.32 Å². The first-order valence-corrected chi connectivity index (χ1v) is 7.35. The molecule has 0 aromatic carbocycles. The second kappa shape index (κ2) is 5.64. The molecule has 3 heterocycles. The number of aromatic nitrogens is 5. The van der Waals surface area contributed by atoms with E-state index in [1.807, 2.05) is 12.1 Å². The molecule has 8 nitrogen and oxygen atoms in total. The van der Waals surface area contributed by atoms with E-state index >= 15 is 0 Å². The molecule has 0 radical (unpaired) electrons. The van der Waals surface area contributed by atoms with E-state index in [2.05, 4.69) is 25.5 Å². The summed E-state index contributed by atoms with van der Waals surface area (Å²) < 4.78 is 5.35. The predicted molar refractivity (Wildman–Crippen MR) is 79.0 cm³/mol. The van der Waals surface area contributed by atoms with Gasteiger partial charge in [-0.25, -0.2) is 4.98 Å². The second-order valence-corrected chi connectivity index (χ2v) is 5.38. The third kappa shape index (κ3) is 3.10. The predicted octanol–water partition coefficient (Wildman–Crippen LogP) is 1.13. The Morgan fingerprint density at radius 2 is 2.13 bits per heavy atom. The highest BCUT2D eigenvalue weighted by Gasteiger charge is 2.25. The van der Waals surface area contributed by atoms with Crippen LogP contribution in [-0.4, -0.2) is 36.9 Å². The average molecular weight is 310 g/mol. The summed E-state index contributed by atoms with van der Waals surface area (Å²) in [6, 6.07) is 4.02. The van der Waals surface area contributed by atoms with Crippen LogP contribution >= 0.6 is 0 Å². The van der Waals surface area contributed by atoms with Gasteiger partial charge in [0.15, 0.2) is 5.69 Å². The lowest BCUT2D eigenvalue weighted by molar-refractivity contribution is 0.0946. The van der Waals surface area contributed by atoms with E-state index in [9.17, 15) is 4.79 Å². The minimum absolute atomic E-state index is 0.185. The van der Waals surface area contributed by atoms with Crippen molar-refractivity contribution in [3.05, 3.63) is 54.3 Å². The topological polar surface area (TPSA) is 98.7 Å². The molecule has 8 heteroatoms. The molecule has 1 N–H and O–H groups in total. The van der Waals surface area contributed by atoms with E-state index in [4.69, 9.17) is 4.42 Å². The normalized spacial score (nSPS) is 13.9. The third-order valence-corrected chi connectivity index (χ3v) is 3.49. The second-order valence-electron chi connectivity index (χ2n) is 5.38. The van der Waals surface area contributed by atoms with Crippen molar-refractivity contribution in [1.82, 2.24) is 30.3 Å². The molecule has 0 spiro atoms. The number of hydrogen-bond donors (Lipinski definition) is 1. The van der Waals surface area contributed by atoms with Gasteiger partial charge in [0.25, 0.3) is 5.91 Å². The quantitative estimate of drug-likeness (QED) is 0.758. The zero-order valence-corrected chi connectivity index (χ0v) is 12.2. The molecule has 0 unspecified atom stereocenters. The van der Waals surface area contributed by atoms with Crippen molar-refractivity contribution < 1.29 is 9.21 Å². The summed E-state index contributed by atoms with van der Waals surface area (Å²) in [6.45, 7) is 0. The molecule has 4 rings (SSSR count). The molecule has 116 valence electrons. The Bertz CT molecular complexity index is 805. The number of nitrogens with one attached hydrogen (secondary N) is 1. The monoisotopic (exact) mass is 310 g/mol. The van der Waals surface area contributed by atoms with E-state index in [0.29, 0.717) is 24.0 Å². The number of carbonyl (C=O) groups is 1. The highest BCUT2D eigenvalue weighted by Crippen LogP contribution is 2.19. The summed E-state index contributed by atoms with van der Waals surface area (Å²) in [7, 11) is 0. The Morgan fingerprint density at radius 1 is 1.30 bits per heavy atom. The lowest BCUT2D eigenvalue weighted by Crippen LogP contribution is -2.25. The molecular weight excluding hydrogens is 296 g/mol. The molecule has 0 atom stereocenters. The minimum atomic E-state index is -0.185. The van der Waals surface area contributed by atoms with Crippen molar-refractivity contribution in [3.63, 3.8) is 0 Å². The zero-order valence-electron chi connectivity index (χ0n) is 12.2. The fourth-order valence-electron chi connectivity index (χ4n) is 2.13. The Hall–Kier alpha value is -3.03. The number of oxazole rings is 1. The van der Waals surface area contributed by atoms with Gasteiger partial charge >= 0.3 is 0 Å². The van der Waals surface area contributed by atoms with Gasteiger partial charge in [-0.05, 0) is 25.0 Å². The van der Waals surface area contributed by atoms with Gasteiger partial charge in [0.2, 0.25) is 5.89 Å². The summed E-state index contributed by atoms with van der Waals surface area (Å²) in [5.74, 6) is 0.277. The van der Waals surface area contributed by atoms with Crippen molar-refractivity contribution in [2.24, 2.45) is 0 Å². The van der Waals surface area contributed by atoms with Gasteiger partial charge in [-0.15, -0.1) is 0 Å². The van der Waals surface area contributed by atoms with Gasteiger partial charge in [0.05, 0.1) is 25.0 Å². The molecule has 23 heavy (non-hydrogen) atoms. The van der Waals surface area contributed by atoms with Gasteiger partial charge in [-0.2, -0.15) is 15.0 Å². The van der Waals surface area contributed by atoms with E-state index in [-0.39, 0.29) is 5.91 Å². The minimum Gasteiger partial charge on any atom is -0.448 e. The number of pyridine rings is 1. The highest BCUT2D eigenvalue weighted by atomic mass is 16.3. The van der Waals surface area contributed by atoms with Crippen molar-refractivity contribution in [2.45, 2.75) is 25.3 Å². The SMILES string of the molecule is O=C(NC1CC1)c1coc(Cc2ccc(-n3nccn3)cn2)n1. The molecule has 3 aromatic heterocycles. The summed E-state index contributed by atoms with van der Waals surface area (Å²) in [6.07, 6.45) is 8.77. The molecule has 1 aliphatic carbocycles. The van der Waals surface area contributed by atoms with Crippen LogP contribution in [0, 0.1) is 0 Å². The Morgan fingerprint density at radius 3 is 2.83 bits per heavy atom. The number of nitrogens with zero attached hydrogens (tertiary/aromatic N) is 5. The van der Waals surface area contributed by atoms with Crippen LogP contribution in [0.4, 0.5) is 0 Å². The molecule has 1 saturated carbocycles. The molecule has 3 aromatic rings. The van der Waals surface area contributed by atoms with Crippen molar-refractivity contribution >= 4 is 5.91 Å². The molecule has 0 aliphatic heterocycles. The largest absolute Gasteiger partial charge is 0.448 e. The van der Waals surface area contributed by atoms with Crippen LogP contribution in [0.5, 0.6) is 0 Å². The fourth-order valence-corrected chi connectivity index (χ4v) is 2.13. The van der Waals surface area contributed by atoms with Crippen LogP contribution in [0.25, 0.3) is 5.69 Å². The van der Waals surface area contributed by atoms with Gasteiger partial charge in [0.1, 0.15) is 12.0 Å². The Labute approximate surface area is 131 Å². The van der Waals surface area contributed by atoms with E-state index in [1.165, 1.54) is 11.1 Å². The van der Waals surface area contributed by atoms with Gasteiger partial charge < -0.3 is 9.73 Å². The number of carbonyl (C=O) groups excluding carboxylic acids is 1. The molecule has 1 fully saturated rings. The van der Waals surface area contributed by atoms with E-state index in [0.717, 1.165) is 24.2 Å². The van der Waals surface area contributed by atoms with Crippen LogP contribution in [0.3, 0.4) is 0 Å². The number of rotatable bonds is 5. The van der Waals surface area contributed by atoms with E-state index in [1.54, 1.807) is 18.6 Å². The zero-order chi connectivity index (χ0) is 15.6. The smallest absolute Gasteiger partial charge is 0.273 e. The maximum Gasteiger partial charge on any atom is 0.273 e. The lowest BCUT2D eigenvalue weighted by atomic mass is 10.2. The van der Waals surface area contributed by atoms with E-state index < -0.39 is 0 Å². The maximum absolute atomic E-state index is 11.9. The Kier molecular flexibility index (Phi) is 3.34. The molecule has 0 saturated heterocycles. The molecular formula is C15H14N6O2. The average Bonchev–Trinajstić information content (AvgIpc) is 3.05. The summed E-state index contributed by atoms with van der Waals surface area (Å²) in [4.78, 5) is 21.9. The lowest BCUT2D eigenvalue weighted by Gasteiger charge is -2.00. The van der Waals surface area contributed by atoms with Crippen molar-refractivity contribution in [1.29, 1.82) is 0 Å².